The van der Waals surface area contributed by atoms with E-state index in [0.717, 1.165) is 17.8 Å². The third-order valence-electron chi connectivity index (χ3n) is 4.54. The molecular formula is C23H28F3NO5S. The second kappa shape index (κ2) is 10.6. The number of nitrogens with zero attached hydrogens (tertiary/aromatic N) is 1. The molecule has 0 aliphatic rings. The first kappa shape index (κ1) is 26.8. The van der Waals surface area contributed by atoms with Crippen LogP contribution in [0.15, 0.2) is 41.4 Å². The fraction of sp³-hybridized carbons (Fsp3) is 0.478. The summed E-state index contributed by atoms with van der Waals surface area (Å²) in [6.45, 7) is 6.76. The highest BCUT2D eigenvalue weighted by molar-refractivity contribution is 7.86. The van der Waals surface area contributed by atoms with Gasteiger partial charge >= 0.3 is 12.1 Å². The summed E-state index contributed by atoms with van der Waals surface area (Å²) < 4.78 is 73.9. The average molecular weight is 488 g/mol. The van der Waals surface area contributed by atoms with Crippen molar-refractivity contribution in [2.24, 2.45) is 0 Å². The number of ether oxygens (including phenoxy) is 1. The summed E-state index contributed by atoms with van der Waals surface area (Å²) in [4.78, 5) is 15.8. The molecule has 0 saturated heterocycles. The number of alkyl halides is 3. The van der Waals surface area contributed by atoms with Crippen LogP contribution < -0.4 is 0 Å². The maximum atomic E-state index is 13.1. The quantitative estimate of drug-likeness (QED) is 0.265. The van der Waals surface area contributed by atoms with E-state index in [9.17, 15) is 26.4 Å². The number of aryl methyl sites for hydroxylation is 2. The van der Waals surface area contributed by atoms with E-state index in [1.165, 1.54) is 12.1 Å². The highest BCUT2D eigenvalue weighted by atomic mass is 32.2. The molecule has 0 unspecified atom stereocenters. The summed E-state index contributed by atoms with van der Waals surface area (Å²) in [5, 5.41) is 0. The van der Waals surface area contributed by atoms with Crippen LogP contribution in [0, 0.1) is 6.92 Å². The zero-order valence-corrected chi connectivity index (χ0v) is 19.8. The molecule has 0 radical (unpaired) electrons. The molecule has 0 atom stereocenters. The smallest absolute Gasteiger partial charge is 0.433 e. The fourth-order valence-electron chi connectivity index (χ4n) is 2.91. The number of carbonyl (C=O) groups excluding carboxylic acids is 1. The Morgan fingerprint density at radius 2 is 1.67 bits per heavy atom. The zero-order valence-electron chi connectivity index (χ0n) is 19.0. The van der Waals surface area contributed by atoms with Crippen molar-refractivity contribution >= 4 is 16.1 Å². The third kappa shape index (κ3) is 8.43. The normalized spacial score (nSPS) is 12.6. The molecule has 0 N–H and O–H groups in total. The Kier molecular flexibility index (Phi) is 8.64. The van der Waals surface area contributed by atoms with Gasteiger partial charge in [0.25, 0.3) is 10.1 Å². The van der Waals surface area contributed by atoms with Crippen molar-refractivity contribution in [1.82, 2.24) is 4.98 Å². The number of hydrogen-bond acceptors (Lipinski definition) is 6. The van der Waals surface area contributed by atoms with Gasteiger partial charge in [-0.15, -0.1) is 0 Å². The van der Waals surface area contributed by atoms with Gasteiger partial charge in [-0.1, -0.05) is 24.1 Å². The predicted octanol–water partition coefficient (Wildman–Crippen LogP) is 5.48. The van der Waals surface area contributed by atoms with E-state index in [2.05, 4.69) is 4.98 Å². The molecule has 10 heteroatoms. The van der Waals surface area contributed by atoms with Crippen LogP contribution in [-0.4, -0.2) is 31.6 Å². The van der Waals surface area contributed by atoms with Gasteiger partial charge in [-0.2, -0.15) is 21.6 Å². The lowest BCUT2D eigenvalue weighted by Crippen LogP contribution is -2.25. The van der Waals surface area contributed by atoms with Gasteiger partial charge in [-0.25, -0.2) is 4.79 Å². The Balaban J connectivity index is 1.97. The van der Waals surface area contributed by atoms with Crippen LogP contribution in [0.25, 0.3) is 0 Å². The van der Waals surface area contributed by atoms with E-state index in [4.69, 9.17) is 8.92 Å². The van der Waals surface area contributed by atoms with Gasteiger partial charge < -0.3 is 4.74 Å². The van der Waals surface area contributed by atoms with Gasteiger partial charge in [0.2, 0.25) is 0 Å². The minimum Gasteiger partial charge on any atom is -0.456 e. The van der Waals surface area contributed by atoms with Gasteiger partial charge in [0.05, 0.1) is 17.1 Å². The number of hydrogen-bond donors (Lipinski definition) is 0. The van der Waals surface area contributed by atoms with Crippen molar-refractivity contribution in [1.29, 1.82) is 0 Å². The first-order valence-corrected chi connectivity index (χ1v) is 11.9. The monoisotopic (exact) mass is 487 g/mol. The molecule has 0 amide bonds. The Bertz CT molecular complexity index is 1060. The van der Waals surface area contributed by atoms with E-state index in [0.29, 0.717) is 19.3 Å². The summed E-state index contributed by atoms with van der Waals surface area (Å²) in [6, 6.07) is 7.12. The first-order chi connectivity index (χ1) is 15.2. The molecule has 1 aromatic heterocycles. The number of esters is 1. The molecule has 0 aliphatic heterocycles. The lowest BCUT2D eigenvalue weighted by molar-refractivity contribution is -0.141. The van der Waals surface area contributed by atoms with Gasteiger partial charge in [-0.05, 0) is 70.7 Å². The van der Waals surface area contributed by atoms with Crippen LogP contribution in [0.5, 0.6) is 0 Å². The number of carbonyl (C=O) groups is 1. The molecule has 2 aromatic rings. The molecular weight excluding hydrogens is 459 g/mol. The molecule has 1 aromatic carbocycles. The van der Waals surface area contributed by atoms with E-state index in [-0.39, 0.29) is 29.1 Å². The predicted molar refractivity (Wildman–Crippen MR) is 116 cm³/mol. The second-order valence-electron chi connectivity index (χ2n) is 8.63. The van der Waals surface area contributed by atoms with Crippen LogP contribution >= 0.6 is 0 Å². The fourth-order valence-corrected chi connectivity index (χ4v) is 3.85. The van der Waals surface area contributed by atoms with Gasteiger partial charge in [-0.3, -0.25) is 9.17 Å². The largest absolute Gasteiger partial charge is 0.456 e. The van der Waals surface area contributed by atoms with Crippen molar-refractivity contribution in [2.75, 3.05) is 6.61 Å². The summed E-state index contributed by atoms with van der Waals surface area (Å²) in [5.41, 5.74) is -0.810. The summed E-state index contributed by atoms with van der Waals surface area (Å²) in [7, 11) is -3.87. The summed E-state index contributed by atoms with van der Waals surface area (Å²) in [6.07, 6.45) is -2.29. The molecule has 0 bridgehead atoms. The van der Waals surface area contributed by atoms with Crippen LogP contribution in [0.2, 0.25) is 0 Å². The number of benzene rings is 1. The Morgan fingerprint density at radius 3 is 2.24 bits per heavy atom. The van der Waals surface area contributed by atoms with Crippen molar-refractivity contribution < 1.29 is 35.3 Å². The number of pyridine rings is 1. The zero-order chi connectivity index (χ0) is 24.9. The average Bonchev–Trinajstić information content (AvgIpc) is 2.68. The number of aromatic nitrogens is 1. The molecule has 182 valence electrons. The maximum Gasteiger partial charge on any atom is 0.433 e. The van der Waals surface area contributed by atoms with E-state index in [1.807, 2.05) is 6.92 Å². The van der Waals surface area contributed by atoms with Crippen LogP contribution in [-0.2, 0) is 31.6 Å². The molecule has 6 nitrogen and oxygen atoms in total. The molecule has 0 aliphatic carbocycles. The lowest BCUT2D eigenvalue weighted by atomic mass is 10.0. The number of unbranched alkanes of at least 4 members (excludes halogenated alkanes) is 2. The molecule has 33 heavy (non-hydrogen) atoms. The minimum atomic E-state index is -4.64. The second-order valence-corrected chi connectivity index (χ2v) is 10.2. The van der Waals surface area contributed by atoms with E-state index < -0.39 is 33.6 Å². The van der Waals surface area contributed by atoms with Crippen molar-refractivity contribution in [3.05, 3.63) is 58.9 Å². The molecule has 2 rings (SSSR count). The highest BCUT2D eigenvalue weighted by Crippen LogP contribution is 2.29. The Labute approximate surface area is 192 Å². The topological polar surface area (TPSA) is 82.6 Å². The van der Waals surface area contributed by atoms with E-state index in [1.54, 1.807) is 32.9 Å². The Morgan fingerprint density at radius 1 is 1.03 bits per heavy atom. The van der Waals surface area contributed by atoms with Gasteiger partial charge in [0.1, 0.15) is 11.3 Å². The van der Waals surface area contributed by atoms with Crippen LogP contribution in [0.4, 0.5) is 13.2 Å². The SMILES string of the molecule is Cc1ccc(S(=O)(=O)OCCCCCc2cc(C(F)(F)F)ncc2C(=O)OC(C)(C)C)cc1. The summed E-state index contributed by atoms with van der Waals surface area (Å²) >= 11 is 0. The third-order valence-corrected chi connectivity index (χ3v) is 5.86. The minimum absolute atomic E-state index is 0.0175. The van der Waals surface area contributed by atoms with E-state index >= 15 is 0 Å². The van der Waals surface area contributed by atoms with Crippen LogP contribution in [0.3, 0.4) is 0 Å². The van der Waals surface area contributed by atoms with Crippen molar-refractivity contribution in [3.63, 3.8) is 0 Å². The number of rotatable bonds is 9. The summed E-state index contributed by atoms with van der Waals surface area (Å²) in [5.74, 6) is -0.744. The van der Waals surface area contributed by atoms with Gasteiger partial charge in [0.15, 0.2) is 0 Å². The van der Waals surface area contributed by atoms with Crippen LogP contribution in [0.1, 0.15) is 67.2 Å². The maximum absolute atomic E-state index is 13.1. The Hall–Kier alpha value is -2.46. The highest BCUT2D eigenvalue weighted by Gasteiger charge is 2.34. The first-order valence-electron chi connectivity index (χ1n) is 10.4. The molecule has 1 heterocycles. The molecule has 0 spiro atoms. The molecule has 0 saturated carbocycles. The van der Waals surface area contributed by atoms with Gasteiger partial charge in [0, 0.05) is 6.20 Å². The molecule has 0 fully saturated rings. The standard InChI is InChI=1S/C23H28F3NO5S/c1-16-9-11-18(12-10-16)33(29,30)31-13-7-5-6-8-17-14-20(23(24,25)26)27-15-19(17)21(28)32-22(2,3)4/h9-12,14-15H,5-8,13H2,1-4H3. The number of halogens is 3. The lowest BCUT2D eigenvalue weighted by Gasteiger charge is -2.21. The van der Waals surface area contributed by atoms with Crippen molar-refractivity contribution in [2.45, 2.75) is 70.1 Å². The van der Waals surface area contributed by atoms with Crippen molar-refractivity contribution in [3.8, 4) is 0 Å².